The number of anilines is 4. The Bertz CT molecular complexity index is 2030. The van der Waals surface area contributed by atoms with Gasteiger partial charge in [0.15, 0.2) is 0 Å². The van der Waals surface area contributed by atoms with Gasteiger partial charge in [0.1, 0.15) is 12.3 Å². The quantitative estimate of drug-likeness (QED) is 0.0820. The Hall–Kier alpha value is -4.45. The maximum atomic E-state index is 12.6. The minimum absolute atomic E-state index is 0.296. The lowest BCUT2D eigenvalue weighted by atomic mass is 10.0. The van der Waals surface area contributed by atoms with Crippen molar-refractivity contribution in [3.05, 3.63) is 103 Å². The third-order valence-electron chi connectivity index (χ3n) is 9.78. The zero-order chi connectivity index (χ0) is 36.8. The van der Waals surface area contributed by atoms with E-state index in [0.717, 1.165) is 68.9 Å². The number of nitrogens with zero attached hydrogens (tertiary/aromatic N) is 5. The largest absolute Gasteiger partial charge is 0.494 e. The van der Waals surface area contributed by atoms with Crippen LogP contribution in [-0.2, 0) is 24.8 Å². The van der Waals surface area contributed by atoms with Crippen LogP contribution in [0, 0.1) is 0 Å². The monoisotopic (exact) mass is 736 g/mol. The van der Waals surface area contributed by atoms with Crippen LogP contribution < -0.4 is 20.3 Å². The summed E-state index contributed by atoms with van der Waals surface area (Å²) in [5, 5.41) is 10.2. The Morgan fingerprint density at radius 1 is 1.10 bits per heavy atom. The summed E-state index contributed by atoms with van der Waals surface area (Å²) in [6.45, 7) is 8.59. The molecule has 52 heavy (non-hydrogen) atoms. The first-order valence-corrected chi connectivity index (χ1v) is 19.8. The number of carbonyl (C=O) groups excluding carboxylic acids is 1. The molecule has 9 nitrogen and oxygen atoms in total. The second kappa shape index (κ2) is 16.5. The lowest BCUT2D eigenvalue weighted by Gasteiger charge is -2.33. The predicted molar refractivity (Wildman–Crippen MR) is 221 cm³/mol. The Morgan fingerprint density at radius 3 is 2.60 bits per heavy atom. The molecule has 1 amide bonds. The van der Waals surface area contributed by atoms with Gasteiger partial charge in [0.25, 0.3) is 0 Å². The van der Waals surface area contributed by atoms with Gasteiger partial charge >= 0.3 is 0 Å². The van der Waals surface area contributed by atoms with Crippen molar-refractivity contribution in [1.82, 2.24) is 14.5 Å². The number of hydrogen-bond donors (Lipinski definition) is 2. The molecule has 2 N–H and O–H groups in total. The summed E-state index contributed by atoms with van der Waals surface area (Å²) in [6.07, 6.45) is 7.48. The van der Waals surface area contributed by atoms with Crippen molar-refractivity contribution >= 4 is 63.3 Å². The molecule has 0 bridgehead atoms. The zero-order valence-electron chi connectivity index (χ0n) is 31.1. The number of benzene rings is 3. The van der Waals surface area contributed by atoms with E-state index in [1.165, 1.54) is 28.7 Å². The molecular formula is C41H50N7O2S2+. The number of likely N-dealkylation sites (N-methyl/N-ethyl adjacent to an activating group) is 2. The van der Waals surface area contributed by atoms with Crippen LogP contribution in [0.1, 0.15) is 24.5 Å². The van der Waals surface area contributed by atoms with Gasteiger partial charge in [-0.2, -0.15) is 0 Å². The van der Waals surface area contributed by atoms with Gasteiger partial charge in [-0.25, -0.2) is 9.97 Å². The number of rotatable bonds is 15. The number of hydrogen-bond acceptors (Lipinski definition) is 8. The SMILES string of the molecule is C=CC(=O)Nc1cc(Nc2nccc(-c3cn(C)c4ccccc34)n2)c(OC)cc1N(C)CC[N+](C)(C)Cc1ccc(CC[C@H]2SCSC2C)cc1. The van der Waals surface area contributed by atoms with Gasteiger partial charge in [0, 0.05) is 70.2 Å². The molecular weight excluding hydrogens is 687 g/mol. The smallest absolute Gasteiger partial charge is 0.247 e. The van der Waals surface area contributed by atoms with Crippen LogP contribution in [0.3, 0.4) is 0 Å². The number of methoxy groups -OCH3 is 1. The van der Waals surface area contributed by atoms with Crippen LogP contribution >= 0.6 is 23.5 Å². The second-order valence-corrected chi connectivity index (χ2v) is 17.1. The molecule has 1 aliphatic heterocycles. The number of aromatic nitrogens is 3. The third-order valence-corrected chi connectivity index (χ3v) is 13.0. The molecule has 0 spiro atoms. The molecule has 1 saturated heterocycles. The number of para-hydroxylation sites is 1. The molecule has 1 aliphatic rings. The zero-order valence-corrected chi connectivity index (χ0v) is 32.7. The first-order valence-electron chi connectivity index (χ1n) is 17.7. The Balaban J connectivity index is 1.15. The van der Waals surface area contributed by atoms with Crippen LogP contribution in [0.25, 0.3) is 22.2 Å². The molecule has 0 saturated carbocycles. The number of nitrogens with one attached hydrogen (secondary N) is 2. The molecule has 2 atom stereocenters. The van der Waals surface area contributed by atoms with Crippen molar-refractivity contribution in [2.24, 2.45) is 7.05 Å². The van der Waals surface area contributed by atoms with E-state index in [9.17, 15) is 4.79 Å². The lowest BCUT2D eigenvalue weighted by Crippen LogP contribution is -2.44. The summed E-state index contributed by atoms with van der Waals surface area (Å²) in [5.41, 5.74) is 7.79. The molecule has 2 aromatic heterocycles. The molecule has 0 aliphatic carbocycles. The van der Waals surface area contributed by atoms with Gasteiger partial charge in [-0.15, -0.1) is 23.5 Å². The van der Waals surface area contributed by atoms with E-state index in [0.29, 0.717) is 23.1 Å². The van der Waals surface area contributed by atoms with Gasteiger partial charge in [-0.1, -0.05) is 56.0 Å². The van der Waals surface area contributed by atoms with E-state index in [1.807, 2.05) is 44.4 Å². The van der Waals surface area contributed by atoms with Crippen LogP contribution in [0.2, 0.25) is 0 Å². The lowest BCUT2D eigenvalue weighted by molar-refractivity contribution is -0.902. The average Bonchev–Trinajstić information content (AvgIpc) is 3.72. The number of fused-ring (bicyclic) bond motifs is 1. The number of thioether (sulfide) groups is 2. The van der Waals surface area contributed by atoms with E-state index < -0.39 is 0 Å². The average molecular weight is 737 g/mol. The number of ether oxygens (including phenoxy) is 1. The van der Waals surface area contributed by atoms with Crippen LogP contribution in [0.5, 0.6) is 5.75 Å². The third kappa shape index (κ3) is 8.94. The van der Waals surface area contributed by atoms with Gasteiger partial charge in [0.2, 0.25) is 11.9 Å². The second-order valence-electron chi connectivity index (χ2n) is 14.1. The maximum Gasteiger partial charge on any atom is 0.247 e. The van der Waals surface area contributed by atoms with Crippen molar-refractivity contribution in [1.29, 1.82) is 0 Å². The number of carbonyl (C=O) groups is 1. The van der Waals surface area contributed by atoms with Gasteiger partial charge in [-0.3, -0.25) is 4.79 Å². The van der Waals surface area contributed by atoms with Crippen molar-refractivity contribution < 1.29 is 14.0 Å². The minimum Gasteiger partial charge on any atom is -0.494 e. The Kier molecular flexibility index (Phi) is 11.8. The van der Waals surface area contributed by atoms with Crippen molar-refractivity contribution in [3.63, 3.8) is 0 Å². The highest BCUT2D eigenvalue weighted by atomic mass is 32.2. The molecule has 272 valence electrons. The molecule has 1 unspecified atom stereocenters. The predicted octanol–water partition coefficient (Wildman–Crippen LogP) is 8.35. The van der Waals surface area contributed by atoms with Crippen molar-refractivity contribution in [2.45, 2.75) is 36.8 Å². The van der Waals surface area contributed by atoms with Crippen LogP contribution in [-0.4, -0.2) is 81.9 Å². The Labute approximate surface area is 316 Å². The van der Waals surface area contributed by atoms with Crippen molar-refractivity contribution in [3.8, 4) is 17.0 Å². The number of aryl methyl sites for hydroxylation is 2. The highest BCUT2D eigenvalue weighted by molar-refractivity contribution is 8.19. The fraction of sp³-hybridized carbons (Fsp3) is 0.341. The molecule has 11 heteroatoms. The van der Waals surface area contributed by atoms with E-state index in [2.05, 4.69) is 119 Å². The minimum atomic E-state index is -0.296. The normalized spacial score (nSPS) is 15.8. The van der Waals surface area contributed by atoms with Gasteiger partial charge < -0.3 is 29.3 Å². The van der Waals surface area contributed by atoms with Gasteiger partial charge in [0.05, 0.1) is 57.1 Å². The van der Waals surface area contributed by atoms with Gasteiger partial charge in [-0.05, 0) is 42.7 Å². The summed E-state index contributed by atoms with van der Waals surface area (Å²) in [7, 11) is 10.2. The molecule has 6 rings (SSSR count). The van der Waals surface area contributed by atoms with E-state index in [4.69, 9.17) is 9.72 Å². The topological polar surface area (TPSA) is 84.3 Å². The first kappa shape index (κ1) is 37.3. The summed E-state index contributed by atoms with van der Waals surface area (Å²) in [5.74, 6) is 0.723. The summed E-state index contributed by atoms with van der Waals surface area (Å²) in [4.78, 5) is 24.1. The highest BCUT2D eigenvalue weighted by Crippen LogP contribution is 2.40. The standard InChI is InChI=1S/C41H49N7O2S2/c1-8-40(49)43-34-23-35(45-41-42-20-19-33(44-41)32-25-47(4)36-12-10-9-11-31(32)36)38(50-7)24-37(34)46(3)21-22-48(5,6)26-30-15-13-29(14-16-30)17-18-39-28(2)51-27-52-39/h8-16,19-20,23-25,28,39H,1,17-18,21-22,26-27H2,2-7H3,(H-,42,43,44,45,49)/p+1/t28?,39-/m1/s1. The van der Waals surface area contributed by atoms with Crippen LogP contribution in [0.15, 0.2) is 91.8 Å². The molecule has 0 radical (unpaired) electrons. The van der Waals surface area contributed by atoms with Crippen LogP contribution in [0.4, 0.5) is 23.0 Å². The Morgan fingerprint density at radius 2 is 1.87 bits per heavy atom. The fourth-order valence-corrected chi connectivity index (χ4v) is 9.95. The summed E-state index contributed by atoms with van der Waals surface area (Å²) < 4.78 is 8.78. The fourth-order valence-electron chi connectivity index (χ4n) is 6.70. The molecule has 3 heterocycles. The summed E-state index contributed by atoms with van der Waals surface area (Å²) in [6, 6.07) is 23.2. The van der Waals surface area contributed by atoms with E-state index in [-0.39, 0.29) is 5.91 Å². The molecule has 3 aromatic carbocycles. The van der Waals surface area contributed by atoms with Crippen molar-refractivity contribution in [2.75, 3.05) is 62.0 Å². The molecule has 5 aromatic rings. The number of quaternary nitrogens is 1. The number of amides is 1. The van der Waals surface area contributed by atoms with E-state index in [1.54, 1.807) is 13.3 Å². The maximum absolute atomic E-state index is 12.6. The summed E-state index contributed by atoms with van der Waals surface area (Å²) >= 11 is 4.19. The molecule has 1 fully saturated rings. The highest BCUT2D eigenvalue weighted by Gasteiger charge is 2.24. The van der Waals surface area contributed by atoms with E-state index >= 15 is 0 Å². The first-order chi connectivity index (χ1) is 25.0.